The third-order valence-electron chi connectivity index (χ3n) is 3.97. The summed E-state index contributed by atoms with van der Waals surface area (Å²) in [5, 5.41) is 2.85. The van der Waals surface area contributed by atoms with Gasteiger partial charge in [0.05, 0.1) is 17.6 Å². The van der Waals surface area contributed by atoms with Gasteiger partial charge in [-0.15, -0.1) is 0 Å². The molecule has 2 aromatic heterocycles. The van der Waals surface area contributed by atoms with E-state index in [9.17, 15) is 4.79 Å². The van der Waals surface area contributed by atoms with Crippen LogP contribution in [0.15, 0.2) is 36.7 Å². The molecule has 120 valence electrons. The molecule has 6 nitrogen and oxygen atoms in total. The lowest BCUT2D eigenvalue weighted by Gasteiger charge is -2.27. The van der Waals surface area contributed by atoms with Crippen LogP contribution in [0.2, 0.25) is 0 Å². The van der Waals surface area contributed by atoms with Gasteiger partial charge in [0.2, 0.25) is 0 Å². The Morgan fingerprint density at radius 1 is 1.17 bits per heavy atom. The summed E-state index contributed by atoms with van der Waals surface area (Å²) < 4.78 is 0. The fraction of sp³-hybridized carbons (Fsp3) is 0.353. The van der Waals surface area contributed by atoms with Gasteiger partial charge >= 0.3 is 0 Å². The zero-order valence-electron chi connectivity index (χ0n) is 13.0. The van der Waals surface area contributed by atoms with Crippen LogP contribution in [0.4, 0.5) is 11.5 Å². The molecule has 0 aliphatic carbocycles. The van der Waals surface area contributed by atoms with E-state index in [4.69, 9.17) is 5.73 Å². The molecule has 0 aromatic carbocycles. The minimum atomic E-state index is -0.186. The zero-order valence-corrected chi connectivity index (χ0v) is 13.0. The molecule has 3 heterocycles. The van der Waals surface area contributed by atoms with Crippen molar-refractivity contribution < 1.29 is 4.79 Å². The molecule has 0 spiro atoms. The van der Waals surface area contributed by atoms with Gasteiger partial charge in [0.25, 0.3) is 5.91 Å². The van der Waals surface area contributed by atoms with E-state index >= 15 is 0 Å². The van der Waals surface area contributed by atoms with Crippen molar-refractivity contribution in [3.8, 4) is 0 Å². The third kappa shape index (κ3) is 3.84. The van der Waals surface area contributed by atoms with Crippen molar-refractivity contribution in [2.24, 2.45) is 5.73 Å². The van der Waals surface area contributed by atoms with Gasteiger partial charge in [-0.3, -0.25) is 9.78 Å². The molecule has 1 aliphatic rings. The number of aromatic nitrogens is 2. The van der Waals surface area contributed by atoms with Crippen LogP contribution < -0.4 is 16.0 Å². The van der Waals surface area contributed by atoms with Crippen LogP contribution in [0.5, 0.6) is 0 Å². The highest BCUT2D eigenvalue weighted by molar-refractivity contribution is 6.04. The molecule has 0 radical (unpaired) electrons. The summed E-state index contributed by atoms with van der Waals surface area (Å²) in [6.07, 6.45) is 7.01. The Morgan fingerprint density at radius 3 is 2.70 bits per heavy atom. The monoisotopic (exact) mass is 311 g/mol. The van der Waals surface area contributed by atoms with E-state index < -0.39 is 0 Å². The topological polar surface area (TPSA) is 84.1 Å². The Labute approximate surface area is 135 Å². The Balaban J connectivity index is 1.66. The molecule has 3 N–H and O–H groups in total. The summed E-state index contributed by atoms with van der Waals surface area (Å²) in [6.45, 7) is 2.42. The molecule has 0 bridgehead atoms. The molecule has 1 amide bonds. The minimum Gasteiger partial charge on any atom is -0.357 e. The molecule has 6 heteroatoms. The van der Waals surface area contributed by atoms with Crippen molar-refractivity contribution in [3.63, 3.8) is 0 Å². The van der Waals surface area contributed by atoms with Crippen LogP contribution in [-0.4, -0.2) is 29.0 Å². The standard InChI is InChI=1S/C17H21N5O/c18-11-15-10-13(6-7-19-15)17(23)21-14-4-5-16(20-12-14)22-8-2-1-3-9-22/h4-7,10,12H,1-3,8-9,11,18H2,(H,21,23). The number of rotatable bonds is 4. The lowest BCUT2D eigenvalue weighted by atomic mass is 10.1. The first-order valence-electron chi connectivity index (χ1n) is 7.93. The maximum Gasteiger partial charge on any atom is 0.255 e. The van der Waals surface area contributed by atoms with Gasteiger partial charge in [0.1, 0.15) is 5.82 Å². The van der Waals surface area contributed by atoms with Crippen molar-refractivity contribution in [3.05, 3.63) is 47.9 Å². The summed E-state index contributed by atoms with van der Waals surface area (Å²) in [5.41, 5.74) is 7.47. The van der Waals surface area contributed by atoms with Crippen LogP contribution in [0.25, 0.3) is 0 Å². The van der Waals surface area contributed by atoms with Gasteiger partial charge in [-0.25, -0.2) is 4.98 Å². The number of piperidine rings is 1. The number of hydrogen-bond acceptors (Lipinski definition) is 5. The average molecular weight is 311 g/mol. The molecular formula is C17H21N5O. The third-order valence-corrected chi connectivity index (χ3v) is 3.97. The first kappa shape index (κ1) is 15.4. The van der Waals surface area contributed by atoms with Crippen molar-refractivity contribution in [2.45, 2.75) is 25.8 Å². The van der Waals surface area contributed by atoms with Crippen molar-refractivity contribution >= 4 is 17.4 Å². The largest absolute Gasteiger partial charge is 0.357 e. The van der Waals surface area contributed by atoms with Gasteiger partial charge in [0, 0.05) is 31.4 Å². The van der Waals surface area contributed by atoms with E-state index in [2.05, 4.69) is 20.2 Å². The molecule has 1 saturated heterocycles. The second-order valence-corrected chi connectivity index (χ2v) is 5.65. The van der Waals surface area contributed by atoms with Gasteiger partial charge in [0.15, 0.2) is 0 Å². The van der Waals surface area contributed by atoms with E-state index in [1.54, 1.807) is 24.5 Å². The van der Waals surface area contributed by atoms with Gasteiger partial charge < -0.3 is 16.0 Å². The van der Waals surface area contributed by atoms with Crippen molar-refractivity contribution in [2.75, 3.05) is 23.3 Å². The number of hydrogen-bond donors (Lipinski definition) is 2. The number of pyridine rings is 2. The second kappa shape index (κ2) is 7.19. The van der Waals surface area contributed by atoms with E-state index in [1.807, 2.05) is 12.1 Å². The Kier molecular flexibility index (Phi) is 4.83. The predicted molar refractivity (Wildman–Crippen MR) is 90.4 cm³/mol. The summed E-state index contributed by atoms with van der Waals surface area (Å²) >= 11 is 0. The van der Waals surface area contributed by atoms with Crippen LogP contribution in [0.1, 0.15) is 35.3 Å². The van der Waals surface area contributed by atoms with Crippen LogP contribution in [-0.2, 0) is 6.54 Å². The Bertz CT molecular complexity index is 665. The Hall–Kier alpha value is -2.47. The lowest BCUT2D eigenvalue weighted by Crippen LogP contribution is -2.30. The maximum absolute atomic E-state index is 12.3. The summed E-state index contributed by atoms with van der Waals surface area (Å²) in [6, 6.07) is 7.22. The molecule has 3 rings (SSSR count). The number of anilines is 2. The maximum atomic E-state index is 12.3. The number of nitrogens with one attached hydrogen (secondary N) is 1. The number of nitrogens with two attached hydrogens (primary N) is 1. The Morgan fingerprint density at radius 2 is 2.00 bits per heavy atom. The first-order valence-corrected chi connectivity index (χ1v) is 7.93. The van der Waals surface area contributed by atoms with Crippen molar-refractivity contribution in [1.29, 1.82) is 0 Å². The molecule has 1 fully saturated rings. The number of amides is 1. The van der Waals surface area contributed by atoms with E-state index in [0.717, 1.165) is 18.9 Å². The summed E-state index contributed by atoms with van der Waals surface area (Å²) in [7, 11) is 0. The minimum absolute atomic E-state index is 0.186. The molecule has 1 aliphatic heterocycles. The van der Waals surface area contributed by atoms with E-state index in [0.29, 0.717) is 23.5 Å². The molecule has 2 aromatic rings. The summed E-state index contributed by atoms with van der Waals surface area (Å²) in [4.78, 5) is 23.1. The zero-order chi connectivity index (χ0) is 16.1. The molecule has 0 atom stereocenters. The van der Waals surface area contributed by atoms with Gasteiger partial charge in [-0.1, -0.05) is 0 Å². The number of nitrogens with zero attached hydrogens (tertiary/aromatic N) is 3. The summed E-state index contributed by atoms with van der Waals surface area (Å²) in [5.74, 6) is 0.784. The predicted octanol–water partition coefficient (Wildman–Crippen LogP) is 2.18. The molecule has 23 heavy (non-hydrogen) atoms. The van der Waals surface area contributed by atoms with E-state index in [1.165, 1.54) is 19.3 Å². The average Bonchev–Trinajstić information content (AvgIpc) is 2.63. The number of carbonyl (C=O) groups excluding carboxylic acids is 1. The highest BCUT2D eigenvalue weighted by Gasteiger charge is 2.12. The van der Waals surface area contributed by atoms with Gasteiger partial charge in [-0.2, -0.15) is 0 Å². The number of carbonyl (C=O) groups is 1. The lowest BCUT2D eigenvalue weighted by molar-refractivity contribution is 0.102. The smallest absolute Gasteiger partial charge is 0.255 e. The quantitative estimate of drug-likeness (QED) is 0.904. The molecule has 0 saturated carbocycles. The normalized spacial score (nSPS) is 14.6. The fourth-order valence-corrected chi connectivity index (χ4v) is 2.70. The second-order valence-electron chi connectivity index (χ2n) is 5.65. The highest BCUT2D eigenvalue weighted by atomic mass is 16.1. The molecular weight excluding hydrogens is 290 g/mol. The SMILES string of the molecule is NCc1cc(C(=O)Nc2ccc(N3CCCCC3)nc2)ccn1. The highest BCUT2D eigenvalue weighted by Crippen LogP contribution is 2.19. The fourth-order valence-electron chi connectivity index (χ4n) is 2.70. The van der Waals surface area contributed by atoms with Gasteiger partial charge in [-0.05, 0) is 43.5 Å². The molecule has 0 unspecified atom stereocenters. The first-order chi connectivity index (χ1) is 11.3. The van der Waals surface area contributed by atoms with Crippen LogP contribution >= 0.6 is 0 Å². The van der Waals surface area contributed by atoms with Crippen LogP contribution in [0.3, 0.4) is 0 Å². The van der Waals surface area contributed by atoms with Crippen molar-refractivity contribution in [1.82, 2.24) is 9.97 Å². The van der Waals surface area contributed by atoms with Crippen LogP contribution in [0, 0.1) is 0 Å². The van der Waals surface area contributed by atoms with E-state index in [-0.39, 0.29) is 5.91 Å².